The normalized spacial score (nSPS) is 11.6. The van der Waals surface area contributed by atoms with E-state index in [4.69, 9.17) is 0 Å². The number of rotatable bonds is 9. The largest absolute Gasteiger partial charge is 0.355 e. The van der Waals surface area contributed by atoms with Gasteiger partial charge in [-0.3, -0.25) is 0 Å². The predicted octanol–water partition coefficient (Wildman–Crippen LogP) is 23.1. The van der Waals surface area contributed by atoms with Crippen molar-refractivity contribution < 1.29 is 0 Å². The third-order valence-electron chi connectivity index (χ3n) is 17.1. The SMILES string of the molecule is CC(C)(c1ccc(Br)cc1)c1c(-c2ccccc2)cccc1-c1ccccc1.Cc1ccc2[nH]c3ccc(C)cc3c2c1.Cc1ccc2c(c1)c1cc(C)ccc1n2-c1ccc(C(C)(C)c2c(-c3ccccc3)cccc2-c2ccccc2)cc1. The lowest BCUT2D eigenvalue weighted by atomic mass is 9.72. The van der Waals surface area contributed by atoms with Crippen molar-refractivity contribution in [1.82, 2.24) is 9.55 Å². The van der Waals surface area contributed by atoms with Crippen LogP contribution in [0.2, 0.25) is 0 Å². The van der Waals surface area contributed by atoms with Gasteiger partial charge in [0.25, 0.3) is 0 Å². The summed E-state index contributed by atoms with van der Waals surface area (Å²) in [4.78, 5) is 3.43. The average Bonchev–Trinajstić information content (AvgIpc) is 4.29. The molecule has 2 heterocycles. The number of halogens is 1. The Bertz CT molecular complexity index is 4410. The van der Waals surface area contributed by atoms with Crippen LogP contribution in [0.1, 0.15) is 72.2 Å². The zero-order valence-corrected chi connectivity index (χ0v) is 51.5. The molecule has 0 saturated heterocycles. The van der Waals surface area contributed by atoms with Gasteiger partial charge in [0.15, 0.2) is 0 Å². The van der Waals surface area contributed by atoms with Gasteiger partial charge in [-0.25, -0.2) is 0 Å². The molecule has 85 heavy (non-hydrogen) atoms. The number of nitrogens with one attached hydrogen (secondary N) is 1. The standard InChI is InChI=1S/C41H35N.C27H23Br.C14H13N/c1-28-18-24-38-36(26-28)37-27-29(2)19-25-39(37)42(38)33-22-20-32(21-23-33)41(3,4)40-34(30-12-7-5-8-13-30)16-11-17-35(40)31-14-9-6-10-15-31;1-27(2,22-16-18-23(28)19-17-22)26-24(20-10-5-3-6-11-20)14-9-15-25(26)21-12-7-4-8-13-21;1-9-3-5-13-11(7-9)12-8-10(2)4-6-14(12)15-13/h5-27H,1-4H3;3-19H,1-2H3;3-8,15H,1-2H3. The first-order chi connectivity index (χ1) is 41.2. The molecule has 12 aromatic carbocycles. The first-order valence-electron chi connectivity index (χ1n) is 29.6. The lowest BCUT2D eigenvalue weighted by Crippen LogP contribution is -2.21. The molecule has 416 valence electrons. The topological polar surface area (TPSA) is 20.7 Å². The van der Waals surface area contributed by atoms with Crippen molar-refractivity contribution in [3.05, 3.63) is 328 Å². The summed E-state index contributed by atoms with van der Waals surface area (Å²) in [6.45, 7) is 18.0. The lowest BCUT2D eigenvalue weighted by molar-refractivity contribution is 0.644. The number of aryl methyl sites for hydroxylation is 4. The zero-order valence-electron chi connectivity index (χ0n) is 49.9. The summed E-state index contributed by atoms with van der Waals surface area (Å²) in [5, 5.41) is 5.27. The second kappa shape index (κ2) is 23.8. The Morgan fingerprint density at radius 2 is 0.612 bits per heavy atom. The maximum atomic E-state index is 3.57. The number of nitrogens with zero attached hydrogens (tertiary/aromatic N) is 1. The fourth-order valence-corrected chi connectivity index (χ4v) is 13.0. The summed E-state index contributed by atoms with van der Waals surface area (Å²) < 4.78 is 3.51. The highest BCUT2D eigenvalue weighted by molar-refractivity contribution is 9.10. The number of aromatic nitrogens is 2. The molecular weight excluding hydrogens is 1090 g/mol. The number of hydrogen-bond acceptors (Lipinski definition) is 0. The van der Waals surface area contributed by atoms with Gasteiger partial charge in [-0.1, -0.05) is 272 Å². The molecule has 2 nitrogen and oxygen atoms in total. The van der Waals surface area contributed by atoms with E-state index in [-0.39, 0.29) is 10.8 Å². The zero-order chi connectivity index (χ0) is 58.8. The number of fused-ring (bicyclic) bond motifs is 6. The van der Waals surface area contributed by atoms with E-state index in [0.29, 0.717) is 0 Å². The summed E-state index contributed by atoms with van der Waals surface area (Å²) in [5.41, 5.74) is 26.3. The van der Waals surface area contributed by atoms with Crippen LogP contribution in [0.4, 0.5) is 0 Å². The van der Waals surface area contributed by atoms with E-state index in [0.717, 1.165) is 4.47 Å². The van der Waals surface area contributed by atoms with Crippen LogP contribution in [0.15, 0.2) is 284 Å². The predicted molar refractivity (Wildman–Crippen MR) is 369 cm³/mol. The van der Waals surface area contributed by atoms with E-state index in [9.17, 15) is 0 Å². The number of H-pyrrole nitrogens is 1. The summed E-state index contributed by atoms with van der Waals surface area (Å²) in [6.07, 6.45) is 0. The highest BCUT2D eigenvalue weighted by Gasteiger charge is 2.31. The highest BCUT2D eigenvalue weighted by Crippen LogP contribution is 2.46. The second-order valence-corrected chi connectivity index (χ2v) is 24.7. The van der Waals surface area contributed by atoms with Crippen molar-refractivity contribution in [2.75, 3.05) is 0 Å². The van der Waals surface area contributed by atoms with Crippen LogP contribution in [0.5, 0.6) is 0 Å². The summed E-state index contributed by atoms with van der Waals surface area (Å²) in [7, 11) is 0. The summed E-state index contributed by atoms with van der Waals surface area (Å²) in [5.74, 6) is 0. The molecule has 0 aliphatic heterocycles. The van der Waals surface area contributed by atoms with Gasteiger partial charge in [0.1, 0.15) is 0 Å². The average molecular weight is 1160 g/mol. The molecule has 0 amide bonds. The van der Waals surface area contributed by atoms with Gasteiger partial charge >= 0.3 is 0 Å². The van der Waals surface area contributed by atoms with Crippen LogP contribution in [0, 0.1) is 27.7 Å². The fraction of sp³-hybridized carbons (Fsp3) is 0.122. The van der Waals surface area contributed by atoms with Gasteiger partial charge in [-0.2, -0.15) is 0 Å². The Kier molecular flexibility index (Phi) is 15.7. The van der Waals surface area contributed by atoms with Crippen molar-refractivity contribution in [2.45, 2.75) is 66.2 Å². The fourth-order valence-electron chi connectivity index (χ4n) is 12.7. The molecule has 3 heteroatoms. The molecule has 0 spiro atoms. The van der Waals surface area contributed by atoms with Crippen LogP contribution in [0.25, 0.3) is 93.8 Å². The molecule has 0 bridgehead atoms. The van der Waals surface area contributed by atoms with E-state index >= 15 is 0 Å². The third kappa shape index (κ3) is 11.3. The van der Waals surface area contributed by atoms with Gasteiger partial charge in [0, 0.05) is 53.6 Å². The number of benzene rings is 12. The Morgan fingerprint density at radius 3 is 0.953 bits per heavy atom. The van der Waals surface area contributed by atoms with E-state index < -0.39 is 0 Å². The van der Waals surface area contributed by atoms with Crippen LogP contribution in [-0.4, -0.2) is 9.55 Å². The molecule has 14 rings (SSSR count). The molecule has 0 aliphatic carbocycles. The molecule has 0 unspecified atom stereocenters. The Labute approximate surface area is 510 Å². The Morgan fingerprint density at radius 1 is 0.306 bits per heavy atom. The molecule has 0 saturated carbocycles. The molecule has 0 atom stereocenters. The third-order valence-corrected chi connectivity index (χ3v) is 17.6. The quantitative estimate of drug-likeness (QED) is 0.149. The van der Waals surface area contributed by atoms with Gasteiger partial charge < -0.3 is 9.55 Å². The maximum absolute atomic E-state index is 3.57. The first-order valence-corrected chi connectivity index (χ1v) is 30.4. The van der Waals surface area contributed by atoms with Gasteiger partial charge in [0.05, 0.1) is 11.0 Å². The number of hydrogen-bond donors (Lipinski definition) is 1. The lowest BCUT2D eigenvalue weighted by Gasteiger charge is -2.32. The molecule has 14 aromatic rings. The van der Waals surface area contributed by atoms with Crippen LogP contribution in [-0.2, 0) is 10.8 Å². The van der Waals surface area contributed by atoms with E-state index in [2.05, 4.69) is 360 Å². The van der Waals surface area contributed by atoms with Crippen molar-refractivity contribution in [2.24, 2.45) is 0 Å². The van der Waals surface area contributed by atoms with Crippen molar-refractivity contribution >= 4 is 59.5 Å². The minimum atomic E-state index is -0.245. The number of aromatic amines is 1. The minimum absolute atomic E-state index is 0.154. The molecule has 0 fully saturated rings. The van der Waals surface area contributed by atoms with E-state index in [1.54, 1.807) is 0 Å². The molecule has 0 aliphatic rings. The van der Waals surface area contributed by atoms with Gasteiger partial charge in [-0.05, 0) is 167 Å². The van der Waals surface area contributed by atoms with Gasteiger partial charge in [0.2, 0.25) is 0 Å². The van der Waals surface area contributed by atoms with Crippen molar-refractivity contribution in [1.29, 1.82) is 0 Å². The monoisotopic (exact) mass is 1160 g/mol. The Balaban J connectivity index is 0.000000141. The van der Waals surface area contributed by atoms with Crippen molar-refractivity contribution in [3.63, 3.8) is 0 Å². The molecular formula is C82H71BrN2. The van der Waals surface area contributed by atoms with E-state index in [1.165, 1.54) is 138 Å². The van der Waals surface area contributed by atoms with Crippen LogP contribution >= 0.6 is 15.9 Å². The van der Waals surface area contributed by atoms with Crippen LogP contribution < -0.4 is 0 Å². The van der Waals surface area contributed by atoms with Crippen molar-refractivity contribution in [3.8, 4) is 50.2 Å². The summed E-state index contributed by atoms with van der Waals surface area (Å²) >= 11 is 3.57. The maximum Gasteiger partial charge on any atom is 0.0541 e. The highest BCUT2D eigenvalue weighted by atomic mass is 79.9. The molecule has 0 radical (unpaired) electrons. The van der Waals surface area contributed by atoms with Crippen LogP contribution in [0.3, 0.4) is 0 Å². The Hall–Kier alpha value is -9.28. The summed E-state index contributed by atoms with van der Waals surface area (Å²) in [6, 6.07) is 101. The smallest absolute Gasteiger partial charge is 0.0541 e. The minimum Gasteiger partial charge on any atom is -0.355 e. The first kappa shape index (κ1) is 56.2. The van der Waals surface area contributed by atoms with Gasteiger partial charge in [-0.15, -0.1) is 0 Å². The molecule has 1 N–H and O–H groups in total. The molecule has 2 aromatic heterocycles. The van der Waals surface area contributed by atoms with E-state index in [1.807, 2.05) is 0 Å². The second-order valence-electron chi connectivity index (χ2n) is 23.8.